The van der Waals surface area contributed by atoms with Crippen LogP contribution in [0.25, 0.3) is 0 Å². The van der Waals surface area contributed by atoms with Gasteiger partial charge in [-0.15, -0.1) is 0 Å². The number of aliphatic hydroxyl groups is 1. The molecule has 1 atom stereocenters. The number of halogens is 4. The Hall–Kier alpha value is -2.06. The molecule has 1 N–H and O–H groups in total. The van der Waals surface area contributed by atoms with Crippen LogP contribution in [0.2, 0.25) is 5.02 Å². The number of benzene rings is 1. The quantitative estimate of drug-likeness (QED) is 0.781. The zero-order valence-electron chi connectivity index (χ0n) is 13.8. The lowest BCUT2D eigenvalue weighted by atomic mass is 9.98. The highest BCUT2D eigenvalue weighted by Crippen LogP contribution is 2.43. The lowest BCUT2D eigenvalue weighted by molar-refractivity contribution is -0.142. The van der Waals surface area contributed by atoms with Crippen molar-refractivity contribution in [2.45, 2.75) is 38.1 Å². The second kappa shape index (κ2) is 6.92. The summed E-state index contributed by atoms with van der Waals surface area (Å²) >= 11 is 5.79. The van der Waals surface area contributed by atoms with E-state index in [0.29, 0.717) is 17.9 Å². The Balaban J connectivity index is 2.19. The van der Waals surface area contributed by atoms with Gasteiger partial charge in [0.15, 0.2) is 11.4 Å². The van der Waals surface area contributed by atoms with Gasteiger partial charge in [-0.25, -0.2) is 4.79 Å². The van der Waals surface area contributed by atoms with E-state index >= 15 is 0 Å². The molecule has 1 fully saturated rings. The smallest absolute Gasteiger partial charge is 0.435 e. The number of rotatable bonds is 5. The van der Waals surface area contributed by atoms with Gasteiger partial charge in [0.1, 0.15) is 6.10 Å². The fraction of sp³-hybridized carbons (Fsp3) is 0.412. The van der Waals surface area contributed by atoms with Crippen LogP contribution in [0.15, 0.2) is 24.3 Å². The second-order valence-electron chi connectivity index (χ2n) is 5.96. The Bertz CT molecular complexity index is 814. The topological polar surface area (TPSA) is 64.3 Å². The van der Waals surface area contributed by atoms with E-state index in [0.717, 1.165) is 4.68 Å². The molecular weight excluding hydrogens is 373 g/mol. The molecule has 1 heterocycles. The Morgan fingerprint density at radius 3 is 2.50 bits per heavy atom. The molecule has 26 heavy (non-hydrogen) atoms. The largest absolute Gasteiger partial charge is 0.461 e. The van der Waals surface area contributed by atoms with Crippen molar-refractivity contribution >= 4 is 17.6 Å². The van der Waals surface area contributed by atoms with Crippen LogP contribution >= 0.6 is 11.6 Å². The molecule has 1 aliphatic rings. The first-order valence-electron chi connectivity index (χ1n) is 8.04. The Morgan fingerprint density at radius 2 is 2.00 bits per heavy atom. The maximum atomic E-state index is 13.6. The number of aliphatic hydroxyl groups excluding tert-OH is 1. The highest BCUT2D eigenvalue weighted by molar-refractivity contribution is 6.30. The lowest BCUT2D eigenvalue weighted by Crippen LogP contribution is -2.17. The highest BCUT2D eigenvalue weighted by Gasteiger charge is 2.45. The van der Waals surface area contributed by atoms with Crippen LogP contribution in [0.3, 0.4) is 0 Å². The van der Waals surface area contributed by atoms with E-state index in [-0.39, 0.29) is 23.9 Å². The SMILES string of the molecule is CCOC(=O)c1c(C(O)c2ccc(Cl)cc2)c(C(F)(F)F)nn1C1CC1. The van der Waals surface area contributed by atoms with Gasteiger partial charge in [-0.2, -0.15) is 18.3 Å². The number of alkyl halides is 3. The molecule has 1 unspecified atom stereocenters. The van der Waals surface area contributed by atoms with E-state index in [2.05, 4.69) is 5.10 Å². The van der Waals surface area contributed by atoms with Crippen LogP contribution in [-0.4, -0.2) is 27.5 Å². The molecule has 140 valence electrons. The standard InChI is InChI=1S/C17H16ClF3N2O3/c1-2-26-16(25)13-12(14(24)9-3-5-10(18)6-4-9)15(17(19,20)21)22-23(13)11-7-8-11/h3-6,11,14,24H,2,7-8H2,1H3. The summed E-state index contributed by atoms with van der Waals surface area (Å²) in [5.41, 5.74) is -2.06. The Labute approximate surface area is 152 Å². The van der Waals surface area contributed by atoms with Crippen molar-refractivity contribution in [2.75, 3.05) is 6.61 Å². The number of carbonyl (C=O) groups is 1. The monoisotopic (exact) mass is 388 g/mol. The predicted molar refractivity (Wildman–Crippen MR) is 87.0 cm³/mol. The Kier molecular flexibility index (Phi) is 4.98. The first-order valence-corrected chi connectivity index (χ1v) is 8.42. The van der Waals surface area contributed by atoms with Crippen LogP contribution in [0.5, 0.6) is 0 Å². The van der Waals surface area contributed by atoms with Crippen LogP contribution in [0.4, 0.5) is 13.2 Å². The third-order valence-corrected chi connectivity index (χ3v) is 4.29. The number of hydrogen-bond acceptors (Lipinski definition) is 4. The van der Waals surface area contributed by atoms with Crippen molar-refractivity contribution in [3.63, 3.8) is 0 Å². The molecule has 1 aromatic carbocycles. The van der Waals surface area contributed by atoms with Crippen LogP contribution in [-0.2, 0) is 10.9 Å². The summed E-state index contributed by atoms with van der Waals surface area (Å²) in [5.74, 6) is -0.939. The van der Waals surface area contributed by atoms with Crippen LogP contribution in [0, 0.1) is 0 Å². The zero-order valence-corrected chi connectivity index (χ0v) is 14.5. The molecule has 9 heteroatoms. The molecule has 0 bridgehead atoms. The maximum absolute atomic E-state index is 13.6. The molecule has 5 nitrogen and oxygen atoms in total. The summed E-state index contributed by atoms with van der Waals surface area (Å²) in [5, 5.41) is 14.6. The summed E-state index contributed by atoms with van der Waals surface area (Å²) in [6.07, 6.45) is -5.30. The number of ether oxygens (including phenoxy) is 1. The van der Waals surface area contributed by atoms with E-state index in [1.54, 1.807) is 6.92 Å². The summed E-state index contributed by atoms with van der Waals surface area (Å²) in [6.45, 7) is 1.54. The van der Waals surface area contributed by atoms with Gasteiger partial charge in [-0.3, -0.25) is 4.68 Å². The summed E-state index contributed by atoms with van der Waals surface area (Å²) in [6, 6.07) is 5.39. The molecule has 3 rings (SSSR count). The van der Waals surface area contributed by atoms with Gasteiger partial charge in [-0.05, 0) is 37.5 Å². The molecule has 0 amide bonds. The highest BCUT2D eigenvalue weighted by atomic mass is 35.5. The van der Waals surface area contributed by atoms with Crippen LogP contribution in [0.1, 0.15) is 59.2 Å². The number of carbonyl (C=O) groups excluding carboxylic acids is 1. The van der Waals surface area contributed by atoms with Gasteiger partial charge in [0, 0.05) is 5.02 Å². The van der Waals surface area contributed by atoms with Gasteiger partial charge >= 0.3 is 12.1 Å². The Morgan fingerprint density at radius 1 is 1.38 bits per heavy atom. The van der Waals surface area contributed by atoms with Crippen molar-refractivity contribution in [1.82, 2.24) is 9.78 Å². The van der Waals surface area contributed by atoms with E-state index in [1.165, 1.54) is 24.3 Å². The average Bonchev–Trinajstić information content (AvgIpc) is 3.33. The third kappa shape index (κ3) is 3.57. The predicted octanol–water partition coefficient (Wildman–Crippen LogP) is 4.15. The number of esters is 1. The van der Waals surface area contributed by atoms with Crippen LogP contribution < -0.4 is 0 Å². The number of hydrogen-bond donors (Lipinski definition) is 1. The lowest BCUT2D eigenvalue weighted by Gasteiger charge is -2.15. The molecular formula is C17H16ClF3N2O3. The summed E-state index contributed by atoms with van der Waals surface area (Å²) in [4.78, 5) is 12.4. The zero-order chi connectivity index (χ0) is 19.1. The van der Waals surface area contributed by atoms with Gasteiger partial charge in [-0.1, -0.05) is 23.7 Å². The molecule has 0 aliphatic heterocycles. The molecule has 2 aromatic rings. The number of aromatic nitrogens is 2. The molecule has 0 saturated heterocycles. The fourth-order valence-corrected chi connectivity index (χ4v) is 2.84. The van der Waals surface area contributed by atoms with Crippen molar-refractivity contribution in [1.29, 1.82) is 0 Å². The summed E-state index contributed by atoms with van der Waals surface area (Å²) in [7, 11) is 0. The normalized spacial score (nSPS) is 15.8. The van der Waals surface area contributed by atoms with Gasteiger partial charge in [0.2, 0.25) is 0 Å². The molecule has 1 aliphatic carbocycles. The van der Waals surface area contributed by atoms with Crippen molar-refractivity contribution in [3.05, 3.63) is 51.8 Å². The summed E-state index contributed by atoms with van der Waals surface area (Å²) < 4.78 is 46.6. The molecule has 1 saturated carbocycles. The molecule has 0 radical (unpaired) electrons. The maximum Gasteiger partial charge on any atom is 0.435 e. The molecule has 0 spiro atoms. The van der Waals surface area contributed by atoms with Crippen molar-refractivity contribution in [3.8, 4) is 0 Å². The number of nitrogens with zero attached hydrogens (tertiary/aromatic N) is 2. The van der Waals surface area contributed by atoms with Crippen molar-refractivity contribution in [2.24, 2.45) is 0 Å². The minimum absolute atomic E-state index is 0.00743. The average molecular weight is 389 g/mol. The third-order valence-electron chi connectivity index (χ3n) is 4.04. The van der Waals surface area contributed by atoms with Gasteiger partial charge in [0.05, 0.1) is 18.2 Å². The second-order valence-corrected chi connectivity index (χ2v) is 6.40. The van der Waals surface area contributed by atoms with E-state index in [1.807, 2.05) is 0 Å². The van der Waals surface area contributed by atoms with Crippen molar-refractivity contribution < 1.29 is 27.8 Å². The van der Waals surface area contributed by atoms with Gasteiger partial charge < -0.3 is 9.84 Å². The molecule has 1 aromatic heterocycles. The van der Waals surface area contributed by atoms with E-state index in [4.69, 9.17) is 16.3 Å². The minimum atomic E-state index is -4.83. The fourth-order valence-electron chi connectivity index (χ4n) is 2.71. The first kappa shape index (κ1) is 18.7. The minimum Gasteiger partial charge on any atom is -0.461 e. The van der Waals surface area contributed by atoms with E-state index in [9.17, 15) is 23.1 Å². The van der Waals surface area contributed by atoms with Gasteiger partial charge in [0.25, 0.3) is 0 Å². The van der Waals surface area contributed by atoms with E-state index < -0.39 is 29.5 Å². The first-order chi connectivity index (χ1) is 12.2.